The van der Waals surface area contributed by atoms with Crippen LogP contribution in [0.5, 0.6) is 23.1 Å². The van der Waals surface area contributed by atoms with Gasteiger partial charge in [-0.05, 0) is 6.07 Å². The molecule has 9 nitrogen and oxygen atoms in total. The molecule has 0 spiro atoms. The molecule has 0 bridgehead atoms. The van der Waals surface area contributed by atoms with E-state index < -0.39 is 0 Å². The van der Waals surface area contributed by atoms with E-state index in [1.165, 1.54) is 6.33 Å². The largest absolute Gasteiger partial charge is 0.494 e. The molecule has 29 heavy (non-hydrogen) atoms. The Balaban J connectivity index is 1.73. The highest BCUT2D eigenvalue weighted by atomic mass is 16.5. The Hall–Kier alpha value is -4.01. The van der Waals surface area contributed by atoms with Gasteiger partial charge in [0.15, 0.2) is 17.3 Å². The number of nitrogens with one attached hydrogen (secondary N) is 2. The molecule has 3 N–H and O–H groups in total. The maximum atomic E-state index is 10.3. The number of anilines is 2. The van der Waals surface area contributed by atoms with Gasteiger partial charge in [-0.1, -0.05) is 18.2 Å². The van der Waals surface area contributed by atoms with Gasteiger partial charge in [0, 0.05) is 28.7 Å². The zero-order valence-corrected chi connectivity index (χ0v) is 16.1. The molecule has 2 aromatic heterocycles. The Bertz CT molecular complexity index is 1150. The standard InChI is InChI=1S/C20H19N5O4/c1-27-14-8-11(9-15(28-2)17(14)29-3)23-20-22-10-21-18(25-20)16-12-6-4-5-7-13(12)24-19(16)26/h4-10,24,26H,1-3H3,(H,21,22,23,25). The fourth-order valence-electron chi connectivity index (χ4n) is 3.11. The quantitative estimate of drug-likeness (QED) is 0.456. The van der Waals surface area contributed by atoms with Crippen molar-refractivity contribution in [3.05, 3.63) is 42.7 Å². The Kier molecular flexibility index (Phi) is 4.78. The van der Waals surface area contributed by atoms with E-state index in [0.29, 0.717) is 40.3 Å². The molecule has 4 rings (SSSR count). The number of ether oxygens (including phenoxy) is 3. The number of aromatic amines is 1. The van der Waals surface area contributed by atoms with E-state index in [4.69, 9.17) is 14.2 Å². The lowest BCUT2D eigenvalue weighted by Gasteiger charge is -2.14. The number of aromatic nitrogens is 4. The molecule has 2 aromatic carbocycles. The Morgan fingerprint density at radius 3 is 2.38 bits per heavy atom. The molecule has 0 atom stereocenters. The molecule has 2 heterocycles. The number of rotatable bonds is 6. The minimum Gasteiger partial charge on any atom is -0.494 e. The third kappa shape index (κ3) is 3.33. The van der Waals surface area contributed by atoms with Crippen LogP contribution < -0.4 is 19.5 Å². The van der Waals surface area contributed by atoms with Crippen LogP contribution in [0.2, 0.25) is 0 Å². The summed E-state index contributed by atoms with van der Waals surface area (Å²) in [6, 6.07) is 11.0. The van der Waals surface area contributed by atoms with Crippen molar-refractivity contribution < 1.29 is 19.3 Å². The van der Waals surface area contributed by atoms with E-state index >= 15 is 0 Å². The number of methoxy groups -OCH3 is 3. The summed E-state index contributed by atoms with van der Waals surface area (Å²) < 4.78 is 16.1. The highest BCUT2D eigenvalue weighted by Crippen LogP contribution is 2.40. The summed E-state index contributed by atoms with van der Waals surface area (Å²) in [5, 5.41) is 14.3. The lowest BCUT2D eigenvalue weighted by atomic mass is 10.1. The van der Waals surface area contributed by atoms with E-state index in [1.54, 1.807) is 33.5 Å². The van der Waals surface area contributed by atoms with Crippen molar-refractivity contribution in [2.45, 2.75) is 0 Å². The van der Waals surface area contributed by atoms with Crippen LogP contribution >= 0.6 is 0 Å². The molecule has 9 heteroatoms. The normalized spacial score (nSPS) is 10.7. The van der Waals surface area contributed by atoms with E-state index in [1.807, 2.05) is 24.3 Å². The van der Waals surface area contributed by atoms with Gasteiger partial charge in [0.05, 0.1) is 26.9 Å². The Morgan fingerprint density at radius 2 is 1.69 bits per heavy atom. The van der Waals surface area contributed by atoms with Gasteiger partial charge in [-0.2, -0.15) is 4.98 Å². The van der Waals surface area contributed by atoms with E-state index in [9.17, 15) is 5.11 Å². The predicted molar refractivity (Wildman–Crippen MR) is 108 cm³/mol. The van der Waals surface area contributed by atoms with Crippen molar-refractivity contribution >= 4 is 22.5 Å². The maximum Gasteiger partial charge on any atom is 0.230 e. The smallest absolute Gasteiger partial charge is 0.230 e. The maximum absolute atomic E-state index is 10.3. The van der Waals surface area contributed by atoms with Gasteiger partial charge in [-0.3, -0.25) is 0 Å². The number of H-pyrrole nitrogens is 1. The van der Waals surface area contributed by atoms with Crippen molar-refractivity contribution in [1.82, 2.24) is 19.9 Å². The summed E-state index contributed by atoms with van der Waals surface area (Å²) in [5.74, 6) is 2.12. The average molecular weight is 393 g/mol. The lowest BCUT2D eigenvalue weighted by molar-refractivity contribution is 0.324. The Morgan fingerprint density at radius 1 is 0.966 bits per heavy atom. The zero-order chi connectivity index (χ0) is 20.4. The van der Waals surface area contributed by atoms with Crippen LogP contribution in [-0.2, 0) is 0 Å². The molecular weight excluding hydrogens is 374 g/mol. The molecule has 0 saturated carbocycles. The summed E-state index contributed by atoms with van der Waals surface area (Å²) in [6.07, 6.45) is 1.38. The first kappa shape index (κ1) is 18.4. The fourth-order valence-corrected chi connectivity index (χ4v) is 3.11. The van der Waals surface area contributed by atoms with Gasteiger partial charge in [-0.15, -0.1) is 0 Å². The molecule has 0 fully saturated rings. The summed E-state index contributed by atoms with van der Waals surface area (Å²) in [7, 11) is 4.63. The minimum atomic E-state index is -0.00358. The second-order valence-electron chi connectivity index (χ2n) is 6.07. The van der Waals surface area contributed by atoms with Gasteiger partial charge in [0.1, 0.15) is 6.33 Å². The molecule has 0 unspecified atom stereocenters. The van der Waals surface area contributed by atoms with Gasteiger partial charge < -0.3 is 29.6 Å². The van der Waals surface area contributed by atoms with Crippen molar-refractivity contribution in [1.29, 1.82) is 0 Å². The fraction of sp³-hybridized carbons (Fsp3) is 0.150. The first-order chi connectivity index (χ1) is 14.1. The number of nitrogens with zero attached hydrogens (tertiary/aromatic N) is 3. The van der Waals surface area contributed by atoms with Crippen molar-refractivity contribution in [3.63, 3.8) is 0 Å². The van der Waals surface area contributed by atoms with E-state index in [-0.39, 0.29) is 5.88 Å². The van der Waals surface area contributed by atoms with Crippen LogP contribution in [0.1, 0.15) is 0 Å². The second kappa shape index (κ2) is 7.55. The third-order valence-electron chi connectivity index (χ3n) is 4.40. The van der Waals surface area contributed by atoms with Gasteiger partial charge >= 0.3 is 0 Å². The van der Waals surface area contributed by atoms with Crippen molar-refractivity contribution in [3.8, 4) is 34.5 Å². The summed E-state index contributed by atoms with van der Waals surface area (Å²) in [5.41, 5.74) is 1.94. The zero-order valence-electron chi connectivity index (χ0n) is 16.1. The first-order valence-electron chi connectivity index (χ1n) is 8.70. The molecule has 4 aromatic rings. The van der Waals surface area contributed by atoms with Crippen LogP contribution in [0.3, 0.4) is 0 Å². The molecule has 0 amide bonds. The number of hydrogen-bond donors (Lipinski definition) is 3. The number of fused-ring (bicyclic) bond motifs is 1. The number of para-hydroxylation sites is 1. The van der Waals surface area contributed by atoms with Gasteiger partial charge in [0.25, 0.3) is 0 Å². The number of benzene rings is 2. The topological polar surface area (TPSA) is 114 Å². The summed E-state index contributed by atoms with van der Waals surface area (Å²) in [6.45, 7) is 0. The van der Waals surface area contributed by atoms with Crippen molar-refractivity contribution in [2.24, 2.45) is 0 Å². The molecule has 148 valence electrons. The number of aromatic hydroxyl groups is 1. The summed E-state index contributed by atoms with van der Waals surface area (Å²) >= 11 is 0. The molecule has 0 aliphatic rings. The average Bonchev–Trinajstić information content (AvgIpc) is 3.08. The first-order valence-corrected chi connectivity index (χ1v) is 8.70. The van der Waals surface area contributed by atoms with Crippen LogP contribution in [-0.4, -0.2) is 46.4 Å². The van der Waals surface area contributed by atoms with Gasteiger partial charge in [-0.25, -0.2) is 9.97 Å². The lowest BCUT2D eigenvalue weighted by Crippen LogP contribution is -2.02. The minimum absolute atomic E-state index is 0.00358. The predicted octanol–water partition coefficient (Wildman–Crippen LogP) is 3.49. The second-order valence-corrected chi connectivity index (χ2v) is 6.07. The van der Waals surface area contributed by atoms with Crippen molar-refractivity contribution in [2.75, 3.05) is 26.6 Å². The Labute approximate surface area is 166 Å². The van der Waals surface area contributed by atoms with Gasteiger partial charge in [0.2, 0.25) is 17.6 Å². The third-order valence-corrected chi connectivity index (χ3v) is 4.40. The molecular formula is C20H19N5O4. The monoisotopic (exact) mass is 393 g/mol. The number of hydrogen-bond acceptors (Lipinski definition) is 8. The SMILES string of the molecule is COc1cc(Nc2ncnc(-c3c(O)[nH]c4ccccc34)n2)cc(OC)c1OC. The van der Waals surface area contributed by atoms with Crippen LogP contribution in [0.4, 0.5) is 11.6 Å². The molecule has 0 aliphatic carbocycles. The summed E-state index contributed by atoms with van der Waals surface area (Å²) in [4.78, 5) is 15.8. The highest BCUT2D eigenvalue weighted by Gasteiger charge is 2.17. The molecule has 0 saturated heterocycles. The molecule has 0 aliphatic heterocycles. The van der Waals surface area contributed by atoms with Crippen LogP contribution in [0, 0.1) is 0 Å². The molecule has 0 radical (unpaired) electrons. The van der Waals surface area contributed by atoms with Crippen LogP contribution in [0.15, 0.2) is 42.7 Å². The van der Waals surface area contributed by atoms with E-state index in [0.717, 1.165) is 10.9 Å². The van der Waals surface area contributed by atoms with E-state index in [2.05, 4.69) is 25.3 Å². The highest BCUT2D eigenvalue weighted by molar-refractivity contribution is 5.97. The van der Waals surface area contributed by atoms with Crippen LogP contribution in [0.25, 0.3) is 22.3 Å².